The van der Waals surface area contributed by atoms with Gasteiger partial charge in [0.05, 0.1) is 19.3 Å². The predicted octanol–water partition coefficient (Wildman–Crippen LogP) is 2.49. The summed E-state index contributed by atoms with van der Waals surface area (Å²) in [6.45, 7) is 4.97. The van der Waals surface area contributed by atoms with Crippen molar-refractivity contribution in [1.29, 1.82) is 0 Å². The van der Waals surface area contributed by atoms with E-state index < -0.39 is 0 Å². The second kappa shape index (κ2) is 5.07. The van der Waals surface area contributed by atoms with Gasteiger partial charge in [-0.15, -0.1) is 0 Å². The van der Waals surface area contributed by atoms with Crippen LogP contribution in [0, 0.1) is 13.8 Å². The van der Waals surface area contributed by atoms with Crippen molar-refractivity contribution in [3.8, 4) is 5.75 Å². The molecular formula is C14H21NO2. The molecule has 3 nitrogen and oxygen atoms in total. The Morgan fingerprint density at radius 3 is 2.76 bits per heavy atom. The van der Waals surface area contributed by atoms with Crippen molar-refractivity contribution in [3.63, 3.8) is 0 Å². The maximum absolute atomic E-state index is 6.32. The molecule has 0 radical (unpaired) electrons. The first kappa shape index (κ1) is 12.4. The number of ether oxygens (including phenoxy) is 2. The lowest BCUT2D eigenvalue weighted by molar-refractivity contribution is 0.0891. The predicted molar refractivity (Wildman–Crippen MR) is 68.4 cm³/mol. The number of hydrogen-bond donors (Lipinski definition) is 1. The Balaban J connectivity index is 2.35. The maximum Gasteiger partial charge on any atom is 0.124 e. The van der Waals surface area contributed by atoms with Crippen LogP contribution in [-0.2, 0) is 4.74 Å². The van der Waals surface area contributed by atoms with Gasteiger partial charge in [0.2, 0.25) is 0 Å². The van der Waals surface area contributed by atoms with E-state index in [1.54, 1.807) is 7.11 Å². The van der Waals surface area contributed by atoms with Crippen LogP contribution < -0.4 is 10.5 Å². The summed E-state index contributed by atoms with van der Waals surface area (Å²) in [7, 11) is 1.69. The molecule has 1 aliphatic heterocycles. The highest BCUT2D eigenvalue weighted by atomic mass is 16.5. The van der Waals surface area contributed by atoms with Crippen molar-refractivity contribution in [3.05, 3.63) is 28.8 Å². The normalized spacial score (nSPS) is 21.5. The molecule has 3 heteroatoms. The first-order valence-electron chi connectivity index (χ1n) is 6.16. The molecule has 2 N–H and O–H groups in total. The molecule has 0 amide bonds. The topological polar surface area (TPSA) is 44.5 Å². The van der Waals surface area contributed by atoms with E-state index in [1.807, 2.05) is 6.07 Å². The summed E-state index contributed by atoms with van der Waals surface area (Å²) < 4.78 is 11.1. The smallest absolute Gasteiger partial charge is 0.124 e. The molecule has 1 aromatic rings. The largest absolute Gasteiger partial charge is 0.496 e. The van der Waals surface area contributed by atoms with Crippen LogP contribution in [0.4, 0.5) is 0 Å². The van der Waals surface area contributed by atoms with Crippen LogP contribution in [0.2, 0.25) is 0 Å². The molecule has 17 heavy (non-hydrogen) atoms. The third-order valence-electron chi connectivity index (χ3n) is 3.41. The van der Waals surface area contributed by atoms with E-state index in [2.05, 4.69) is 19.9 Å². The molecule has 0 aromatic heterocycles. The molecule has 1 saturated heterocycles. The van der Waals surface area contributed by atoms with Crippen LogP contribution in [0.25, 0.3) is 0 Å². The zero-order valence-electron chi connectivity index (χ0n) is 10.8. The summed E-state index contributed by atoms with van der Waals surface area (Å²) in [6.07, 6.45) is 2.27. The number of hydrogen-bond acceptors (Lipinski definition) is 3. The quantitative estimate of drug-likeness (QED) is 0.875. The van der Waals surface area contributed by atoms with Crippen molar-refractivity contribution in [1.82, 2.24) is 0 Å². The van der Waals surface area contributed by atoms with Crippen molar-refractivity contribution in [2.75, 3.05) is 13.7 Å². The zero-order chi connectivity index (χ0) is 12.4. The summed E-state index contributed by atoms with van der Waals surface area (Å²) in [6, 6.07) is 4.09. The summed E-state index contributed by atoms with van der Waals surface area (Å²) >= 11 is 0. The van der Waals surface area contributed by atoms with Crippen LogP contribution in [-0.4, -0.2) is 19.8 Å². The van der Waals surface area contributed by atoms with E-state index in [-0.39, 0.29) is 12.1 Å². The second-order valence-corrected chi connectivity index (χ2v) is 4.78. The third-order valence-corrected chi connectivity index (χ3v) is 3.41. The lowest BCUT2D eigenvalue weighted by atomic mass is 9.94. The van der Waals surface area contributed by atoms with Gasteiger partial charge in [-0.25, -0.2) is 0 Å². The Morgan fingerprint density at radius 2 is 2.18 bits per heavy atom. The molecule has 2 unspecified atom stereocenters. The van der Waals surface area contributed by atoms with Crippen LogP contribution in [0.15, 0.2) is 12.1 Å². The molecule has 1 aliphatic rings. The number of rotatable bonds is 3. The second-order valence-electron chi connectivity index (χ2n) is 4.78. The lowest BCUT2D eigenvalue weighted by Crippen LogP contribution is -2.26. The molecule has 0 saturated carbocycles. The minimum absolute atomic E-state index is 0.0898. The minimum Gasteiger partial charge on any atom is -0.496 e. The number of benzene rings is 1. The Hall–Kier alpha value is -1.06. The molecule has 2 rings (SSSR count). The Labute approximate surface area is 103 Å². The fourth-order valence-electron chi connectivity index (χ4n) is 2.61. The molecule has 0 bridgehead atoms. The van der Waals surface area contributed by atoms with Gasteiger partial charge < -0.3 is 15.2 Å². The first-order valence-corrected chi connectivity index (χ1v) is 6.16. The fraction of sp³-hybridized carbons (Fsp3) is 0.571. The average molecular weight is 235 g/mol. The Morgan fingerprint density at radius 1 is 1.41 bits per heavy atom. The van der Waals surface area contributed by atoms with Gasteiger partial charge in [-0.1, -0.05) is 6.07 Å². The van der Waals surface area contributed by atoms with E-state index in [9.17, 15) is 0 Å². The number of nitrogens with two attached hydrogens (primary N) is 1. The highest BCUT2D eigenvalue weighted by Gasteiger charge is 2.27. The maximum atomic E-state index is 6.32. The molecule has 0 aliphatic carbocycles. The average Bonchev–Trinajstić information content (AvgIpc) is 2.80. The molecule has 0 spiro atoms. The van der Waals surface area contributed by atoms with E-state index in [0.717, 1.165) is 30.8 Å². The van der Waals surface area contributed by atoms with E-state index >= 15 is 0 Å². The van der Waals surface area contributed by atoms with Gasteiger partial charge in [-0.2, -0.15) is 0 Å². The molecular weight excluding hydrogens is 214 g/mol. The molecule has 94 valence electrons. The van der Waals surface area contributed by atoms with Gasteiger partial charge in [0.1, 0.15) is 5.75 Å². The molecule has 2 atom stereocenters. The Bertz CT molecular complexity index is 397. The fourth-order valence-corrected chi connectivity index (χ4v) is 2.61. The molecule has 1 heterocycles. The van der Waals surface area contributed by atoms with Gasteiger partial charge in [0.15, 0.2) is 0 Å². The van der Waals surface area contributed by atoms with Gasteiger partial charge >= 0.3 is 0 Å². The minimum atomic E-state index is -0.0898. The summed E-state index contributed by atoms with van der Waals surface area (Å²) in [4.78, 5) is 0. The van der Waals surface area contributed by atoms with Gasteiger partial charge in [-0.05, 0) is 43.9 Å². The highest BCUT2D eigenvalue weighted by molar-refractivity contribution is 5.45. The van der Waals surface area contributed by atoms with E-state index in [4.69, 9.17) is 15.2 Å². The van der Waals surface area contributed by atoms with Gasteiger partial charge in [0, 0.05) is 12.2 Å². The first-order chi connectivity index (χ1) is 8.13. The Kier molecular flexibility index (Phi) is 3.69. The van der Waals surface area contributed by atoms with Crippen LogP contribution in [0.1, 0.15) is 35.6 Å². The van der Waals surface area contributed by atoms with Crippen molar-refractivity contribution >= 4 is 0 Å². The summed E-state index contributed by atoms with van der Waals surface area (Å²) in [5, 5.41) is 0. The van der Waals surface area contributed by atoms with Crippen LogP contribution in [0.3, 0.4) is 0 Å². The number of aryl methyl sites for hydroxylation is 2. The van der Waals surface area contributed by atoms with Crippen LogP contribution >= 0.6 is 0 Å². The zero-order valence-corrected chi connectivity index (χ0v) is 10.8. The SMILES string of the molecule is COc1cc(C)cc(C)c1C(N)C1CCCO1. The van der Waals surface area contributed by atoms with Crippen LogP contribution in [0.5, 0.6) is 5.75 Å². The van der Waals surface area contributed by atoms with Crippen molar-refractivity contribution < 1.29 is 9.47 Å². The van der Waals surface area contributed by atoms with E-state index in [1.165, 1.54) is 11.1 Å². The van der Waals surface area contributed by atoms with Crippen molar-refractivity contribution in [2.24, 2.45) is 5.73 Å². The lowest BCUT2D eigenvalue weighted by Gasteiger charge is -2.23. The van der Waals surface area contributed by atoms with Crippen molar-refractivity contribution in [2.45, 2.75) is 38.8 Å². The summed E-state index contributed by atoms with van der Waals surface area (Å²) in [5.74, 6) is 0.880. The highest BCUT2D eigenvalue weighted by Crippen LogP contribution is 2.34. The monoisotopic (exact) mass is 235 g/mol. The number of methoxy groups -OCH3 is 1. The van der Waals surface area contributed by atoms with Gasteiger partial charge in [0.25, 0.3) is 0 Å². The molecule has 1 aromatic carbocycles. The third kappa shape index (κ3) is 2.45. The standard InChI is InChI=1S/C14H21NO2/c1-9-7-10(2)13(12(8-9)16-3)14(15)11-5-4-6-17-11/h7-8,11,14H,4-6,15H2,1-3H3. The summed E-state index contributed by atoms with van der Waals surface area (Å²) in [5.41, 5.74) is 9.79. The van der Waals surface area contributed by atoms with Gasteiger partial charge in [-0.3, -0.25) is 0 Å². The van der Waals surface area contributed by atoms with E-state index in [0.29, 0.717) is 0 Å². The molecule has 1 fully saturated rings.